The second-order valence-electron chi connectivity index (χ2n) is 19.9. The molecule has 10 nitrogen and oxygen atoms in total. The maximum absolute atomic E-state index is 14.0. The molecule has 1 heterocycles. The van der Waals surface area contributed by atoms with E-state index in [1.54, 1.807) is 25.7 Å². The lowest BCUT2D eigenvalue weighted by molar-refractivity contribution is -0.214. The normalized spacial score (nSPS) is 38.6. The monoisotopic (exact) mass is 723 g/mol. The SMILES string of the molecule is CC(=O)N1CCN(C(=O)N[C@@]23CC[C@]4(C)C(=C2C(C(C)C)C(=O)C3)CC[C@@H]2[C@@]3(C)CC[C@H](OC(=O)CC(C)(C)C(=O)O)C(C)(C)[C@@H]3CC[C@]24C)CC1. The minimum atomic E-state index is -1.18. The minimum absolute atomic E-state index is 0.00368. The number of fused-ring (bicyclic) bond motifs is 6. The predicted molar refractivity (Wildman–Crippen MR) is 198 cm³/mol. The maximum atomic E-state index is 14.0. The molecule has 5 fully saturated rings. The molecule has 3 amide bonds. The number of esters is 1. The first-order valence-corrected chi connectivity index (χ1v) is 20.1. The van der Waals surface area contributed by atoms with Crippen LogP contribution in [-0.2, 0) is 23.9 Å². The number of ketones is 1. The lowest BCUT2D eigenvalue weighted by Crippen LogP contribution is -2.65. The number of carbonyl (C=O) groups excluding carboxylic acids is 4. The van der Waals surface area contributed by atoms with Crippen molar-refractivity contribution < 1.29 is 33.8 Å². The van der Waals surface area contributed by atoms with Crippen LogP contribution in [0.4, 0.5) is 4.79 Å². The molecule has 0 aromatic rings. The molecule has 6 rings (SSSR count). The van der Waals surface area contributed by atoms with Crippen LogP contribution in [0.1, 0.15) is 133 Å². The van der Waals surface area contributed by atoms with Crippen LogP contribution in [0.3, 0.4) is 0 Å². The van der Waals surface area contributed by atoms with Crippen LogP contribution < -0.4 is 5.32 Å². The number of urea groups is 1. The largest absolute Gasteiger partial charge is 0.481 e. The summed E-state index contributed by atoms with van der Waals surface area (Å²) < 4.78 is 6.15. The predicted octanol–water partition coefficient (Wildman–Crippen LogP) is 7.01. The lowest BCUT2D eigenvalue weighted by atomic mass is 9.34. The molecule has 8 atom stereocenters. The first-order chi connectivity index (χ1) is 24.0. The van der Waals surface area contributed by atoms with E-state index in [2.05, 4.69) is 53.8 Å². The van der Waals surface area contributed by atoms with E-state index in [9.17, 15) is 29.1 Å². The number of allylic oxidation sites excluding steroid dienone is 1. The zero-order valence-corrected chi connectivity index (χ0v) is 33.6. The van der Waals surface area contributed by atoms with Gasteiger partial charge in [-0.15, -0.1) is 0 Å². The smallest absolute Gasteiger partial charge is 0.318 e. The Morgan fingerprint density at radius 2 is 1.54 bits per heavy atom. The van der Waals surface area contributed by atoms with Crippen molar-refractivity contribution in [2.45, 2.75) is 145 Å². The van der Waals surface area contributed by atoms with Crippen molar-refractivity contribution in [3.63, 3.8) is 0 Å². The third-order valence-electron chi connectivity index (χ3n) is 16.1. The number of carboxylic acids is 1. The Morgan fingerprint density at radius 3 is 2.13 bits per heavy atom. The third kappa shape index (κ3) is 5.82. The van der Waals surface area contributed by atoms with Crippen LogP contribution in [0.25, 0.3) is 0 Å². The number of rotatable bonds is 6. The van der Waals surface area contributed by atoms with Gasteiger partial charge in [-0.2, -0.15) is 0 Å². The second kappa shape index (κ2) is 12.9. The quantitative estimate of drug-likeness (QED) is 0.223. The summed E-state index contributed by atoms with van der Waals surface area (Å²) in [5.41, 5.74) is 0.444. The number of piperazine rings is 1. The van der Waals surface area contributed by atoms with Gasteiger partial charge in [0.25, 0.3) is 0 Å². The van der Waals surface area contributed by atoms with Crippen molar-refractivity contribution in [3.8, 4) is 0 Å². The van der Waals surface area contributed by atoms with Crippen molar-refractivity contribution in [2.24, 2.45) is 50.7 Å². The van der Waals surface area contributed by atoms with Gasteiger partial charge in [0.1, 0.15) is 11.9 Å². The number of hydrogen-bond acceptors (Lipinski definition) is 6. The average molecular weight is 724 g/mol. The van der Waals surface area contributed by atoms with Crippen LogP contribution in [0, 0.1) is 50.7 Å². The summed E-state index contributed by atoms with van der Waals surface area (Å²) in [5.74, 6) is -0.435. The minimum Gasteiger partial charge on any atom is -0.481 e. The molecule has 0 aromatic carbocycles. The third-order valence-corrected chi connectivity index (χ3v) is 16.1. The van der Waals surface area contributed by atoms with E-state index in [4.69, 9.17) is 4.74 Å². The number of nitrogens with one attached hydrogen (secondary N) is 1. The first-order valence-electron chi connectivity index (χ1n) is 20.1. The number of Topliss-reactive ketones (excluding diaryl/α,β-unsaturated/α-hetero) is 1. The average Bonchev–Trinajstić information content (AvgIpc) is 3.34. The second-order valence-corrected chi connectivity index (χ2v) is 19.9. The van der Waals surface area contributed by atoms with Gasteiger partial charge in [-0.05, 0) is 105 Å². The molecule has 52 heavy (non-hydrogen) atoms. The van der Waals surface area contributed by atoms with Gasteiger partial charge in [0.05, 0.1) is 17.4 Å². The summed E-state index contributed by atoms with van der Waals surface area (Å²) in [6, 6.07) is -0.124. The number of ether oxygens (including phenoxy) is 1. The Morgan fingerprint density at radius 1 is 0.904 bits per heavy atom. The Bertz CT molecular complexity index is 1560. The van der Waals surface area contributed by atoms with Gasteiger partial charge >= 0.3 is 18.0 Å². The van der Waals surface area contributed by atoms with E-state index in [-0.39, 0.29) is 63.7 Å². The molecular weight excluding hydrogens is 658 g/mol. The van der Waals surface area contributed by atoms with Gasteiger partial charge in [0.15, 0.2) is 0 Å². The van der Waals surface area contributed by atoms with Crippen molar-refractivity contribution in [1.82, 2.24) is 15.1 Å². The summed E-state index contributed by atoms with van der Waals surface area (Å²) in [4.78, 5) is 68.3. The van der Waals surface area contributed by atoms with Crippen LogP contribution in [0.15, 0.2) is 11.1 Å². The fourth-order valence-corrected chi connectivity index (χ4v) is 13.0. The fourth-order valence-electron chi connectivity index (χ4n) is 13.0. The van der Waals surface area contributed by atoms with Crippen molar-refractivity contribution in [1.29, 1.82) is 0 Å². The summed E-state index contributed by atoms with van der Waals surface area (Å²) in [6.07, 6.45) is 7.32. The molecule has 0 radical (unpaired) electrons. The molecule has 5 aliphatic carbocycles. The van der Waals surface area contributed by atoms with E-state index in [1.807, 2.05) is 4.90 Å². The molecule has 10 heteroatoms. The van der Waals surface area contributed by atoms with Crippen LogP contribution >= 0.6 is 0 Å². The Labute approximate surface area is 311 Å². The zero-order chi connectivity index (χ0) is 38.4. The fraction of sp³-hybridized carbons (Fsp3) is 0.833. The maximum Gasteiger partial charge on any atom is 0.318 e. The van der Waals surface area contributed by atoms with Crippen molar-refractivity contribution in [3.05, 3.63) is 11.1 Å². The van der Waals surface area contributed by atoms with Crippen molar-refractivity contribution >= 4 is 29.7 Å². The highest BCUT2D eigenvalue weighted by Gasteiger charge is 2.69. The van der Waals surface area contributed by atoms with E-state index < -0.39 is 22.9 Å². The van der Waals surface area contributed by atoms with Gasteiger partial charge in [-0.3, -0.25) is 19.2 Å². The van der Waals surface area contributed by atoms with Crippen LogP contribution in [-0.4, -0.2) is 82.4 Å². The molecule has 1 unspecified atom stereocenters. The van der Waals surface area contributed by atoms with Crippen LogP contribution in [0.2, 0.25) is 0 Å². The molecule has 0 bridgehead atoms. The van der Waals surface area contributed by atoms with Gasteiger partial charge in [0, 0.05) is 50.9 Å². The van der Waals surface area contributed by atoms with Gasteiger partial charge < -0.3 is 25.0 Å². The Hall–Kier alpha value is -2.91. The number of hydrogen-bond donors (Lipinski definition) is 2. The molecular formula is C42H65N3O7. The lowest BCUT2D eigenvalue weighted by Gasteiger charge is -2.70. The zero-order valence-electron chi connectivity index (χ0n) is 33.6. The van der Waals surface area contributed by atoms with Gasteiger partial charge in [-0.1, -0.05) is 54.0 Å². The number of carboxylic acid groups (broad SMARTS) is 1. The van der Waals surface area contributed by atoms with E-state index in [0.717, 1.165) is 51.4 Å². The molecule has 1 saturated heterocycles. The number of amides is 3. The first kappa shape index (κ1) is 38.8. The summed E-state index contributed by atoms with van der Waals surface area (Å²) in [6.45, 7) is 23.0. The molecule has 6 aliphatic rings. The topological polar surface area (TPSA) is 133 Å². The highest BCUT2D eigenvalue weighted by molar-refractivity contribution is 5.92. The number of carbonyl (C=O) groups is 5. The highest BCUT2D eigenvalue weighted by Crippen LogP contribution is 2.75. The molecule has 2 N–H and O–H groups in total. The van der Waals surface area contributed by atoms with E-state index in [0.29, 0.717) is 44.4 Å². The summed E-state index contributed by atoms with van der Waals surface area (Å²) in [7, 11) is 0. The van der Waals surface area contributed by atoms with Gasteiger partial charge in [0.2, 0.25) is 5.91 Å². The summed E-state index contributed by atoms with van der Waals surface area (Å²) >= 11 is 0. The van der Waals surface area contributed by atoms with Crippen LogP contribution in [0.5, 0.6) is 0 Å². The highest BCUT2D eigenvalue weighted by atomic mass is 16.5. The van der Waals surface area contributed by atoms with Gasteiger partial charge in [-0.25, -0.2) is 4.79 Å². The van der Waals surface area contributed by atoms with E-state index >= 15 is 0 Å². The molecule has 4 saturated carbocycles. The molecule has 0 aromatic heterocycles. The molecule has 290 valence electrons. The summed E-state index contributed by atoms with van der Waals surface area (Å²) in [5, 5.41) is 13.1. The Kier molecular flexibility index (Phi) is 9.59. The van der Waals surface area contributed by atoms with Crippen molar-refractivity contribution in [2.75, 3.05) is 26.2 Å². The standard InChI is InChI=1S/C42H65N3O7/c1-25(2)33-28(47)23-42(43-36(51)45-21-19-44(20-22-45)26(3)46)18-17-40(9)27(34(33)42)11-12-30-39(8)15-14-31(52-32(48)24-37(4,5)35(49)50)38(6,7)29(39)13-16-41(30,40)10/h25,29-31,33H,11-24H2,1-10H3,(H,43,51)(H,49,50)/t29-,30+,31-,33?,39-,40+,41+,42+/m0/s1. The number of aliphatic carboxylic acids is 1. The van der Waals surface area contributed by atoms with E-state index in [1.165, 1.54) is 11.1 Å². The molecule has 0 spiro atoms. The Balaban J connectivity index is 1.29. The number of nitrogens with zero attached hydrogens (tertiary/aromatic N) is 2. The molecule has 1 aliphatic heterocycles.